The summed E-state index contributed by atoms with van der Waals surface area (Å²) in [5.74, 6) is 0.245. The summed E-state index contributed by atoms with van der Waals surface area (Å²) in [4.78, 5) is 16.3. The Morgan fingerprint density at radius 3 is 1.79 bits per heavy atom. The number of carbonyl (C=O) groups excluding carboxylic acids is 1. The van der Waals surface area contributed by atoms with Crippen LogP contribution in [0, 0.1) is 0 Å². The van der Waals surface area contributed by atoms with Gasteiger partial charge in [0.15, 0.2) is 0 Å². The van der Waals surface area contributed by atoms with Crippen molar-refractivity contribution < 1.29 is 4.79 Å². The Kier molecular flexibility index (Phi) is 6.27. The third kappa shape index (κ3) is 4.74. The van der Waals surface area contributed by atoms with Crippen molar-refractivity contribution in [1.29, 1.82) is 0 Å². The van der Waals surface area contributed by atoms with Gasteiger partial charge in [0.1, 0.15) is 0 Å². The molecular formula is C24H31N3O. The summed E-state index contributed by atoms with van der Waals surface area (Å²) < 4.78 is 0. The Morgan fingerprint density at radius 2 is 1.25 bits per heavy atom. The Bertz CT molecular complexity index is 761. The first kappa shape index (κ1) is 19.0. The van der Waals surface area contributed by atoms with Crippen LogP contribution in [0.15, 0.2) is 48.5 Å². The molecule has 2 saturated heterocycles. The highest BCUT2D eigenvalue weighted by molar-refractivity contribution is 5.95. The van der Waals surface area contributed by atoms with Crippen molar-refractivity contribution in [2.75, 3.05) is 29.4 Å². The summed E-state index contributed by atoms with van der Waals surface area (Å²) in [7, 11) is 0. The van der Waals surface area contributed by atoms with Gasteiger partial charge < -0.3 is 15.1 Å². The van der Waals surface area contributed by atoms with Gasteiger partial charge in [0.2, 0.25) is 5.91 Å². The Labute approximate surface area is 168 Å². The third-order valence-corrected chi connectivity index (χ3v) is 5.89. The fraction of sp³-hybridized carbons (Fsp3) is 0.458. The third-order valence-electron chi connectivity index (χ3n) is 5.89. The molecule has 4 heteroatoms. The van der Waals surface area contributed by atoms with Crippen LogP contribution in [-0.2, 0) is 17.9 Å². The van der Waals surface area contributed by atoms with Crippen LogP contribution in [0.5, 0.6) is 0 Å². The summed E-state index contributed by atoms with van der Waals surface area (Å²) in [5, 5.41) is 3.53. The minimum atomic E-state index is 0.245. The first-order valence-corrected chi connectivity index (χ1v) is 10.7. The predicted octanol–water partition coefficient (Wildman–Crippen LogP) is 4.48. The second-order valence-corrected chi connectivity index (χ2v) is 7.99. The molecule has 2 aliphatic heterocycles. The van der Waals surface area contributed by atoms with Gasteiger partial charge in [0.05, 0.1) is 0 Å². The zero-order valence-corrected chi connectivity index (χ0v) is 16.7. The molecule has 0 atom stereocenters. The van der Waals surface area contributed by atoms with Crippen LogP contribution >= 0.6 is 0 Å². The average molecular weight is 378 g/mol. The van der Waals surface area contributed by atoms with Crippen molar-refractivity contribution in [1.82, 2.24) is 5.32 Å². The minimum absolute atomic E-state index is 0.245. The fourth-order valence-corrected chi connectivity index (χ4v) is 4.22. The lowest BCUT2D eigenvalue weighted by Crippen LogP contribution is -2.23. The number of carbonyl (C=O) groups is 1. The van der Waals surface area contributed by atoms with Crippen LogP contribution in [0.2, 0.25) is 0 Å². The van der Waals surface area contributed by atoms with Crippen LogP contribution in [0.1, 0.15) is 49.7 Å². The van der Waals surface area contributed by atoms with E-state index in [4.69, 9.17) is 0 Å². The Hall–Kier alpha value is -2.33. The summed E-state index contributed by atoms with van der Waals surface area (Å²) in [5.41, 5.74) is 4.95. The summed E-state index contributed by atoms with van der Waals surface area (Å²) in [6.07, 6.45) is 7.02. The first-order valence-electron chi connectivity index (χ1n) is 10.7. The number of hydrogen-bond donors (Lipinski definition) is 1. The number of nitrogens with zero attached hydrogens (tertiary/aromatic N) is 2. The molecule has 2 fully saturated rings. The molecule has 2 aromatic rings. The van der Waals surface area contributed by atoms with Gasteiger partial charge in [-0.1, -0.05) is 37.1 Å². The quantitative estimate of drug-likeness (QED) is 0.806. The second-order valence-electron chi connectivity index (χ2n) is 7.99. The van der Waals surface area contributed by atoms with Gasteiger partial charge in [0.25, 0.3) is 0 Å². The minimum Gasteiger partial charge on any atom is -0.372 e. The number of benzene rings is 2. The molecule has 148 valence electrons. The zero-order chi connectivity index (χ0) is 19.2. The highest BCUT2D eigenvalue weighted by Gasteiger charge is 2.21. The van der Waals surface area contributed by atoms with E-state index in [1.165, 1.54) is 55.6 Å². The monoisotopic (exact) mass is 377 g/mol. The highest BCUT2D eigenvalue weighted by Crippen LogP contribution is 2.22. The molecule has 0 radical (unpaired) electrons. The van der Waals surface area contributed by atoms with E-state index >= 15 is 0 Å². The van der Waals surface area contributed by atoms with Gasteiger partial charge in [-0.15, -0.1) is 0 Å². The average Bonchev–Trinajstić information content (AvgIpc) is 2.99. The van der Waals surface area contributed by atoms with Crippen molar-refractivity contribution in [2.45, 2.75) is 51.6 Å². The molecule has 4 nitrogen and oxygen atoms in total. The van der Waals surface area contributed by atoms with Crippen molar-refractivity contribution in [3.8, 4) is 0 Å². The van der Waals surface area contributed by atoms with Gasteiger partial charge >= 0.3 is 0 Å². The van der Waals surface area contributed by atoms with Crippen LogP contribution in [0.3, 0.4) is 0 Å². The van der Waals surface area contributed by atoms with Gasteiger partial charge in [-0.3, -0.25) is 4.79 Å². The van der Waals surface area contributed by atoms with Crippen molar-refractivity contribution in [2.24, 2.45) is 0 Å². The van der Waals surface area contributed by atoms with Gasteiger partial charge in [-0.05, 0) is 54.7 Å². The molecule has 0 spiro atoms. The lowest BCUT2D eigenvalue weighted by Gasteiger charge is -2.22. The highest BCUT2D eigenvalue weighted by atomic mass is 16.2. The topological polar surface area (TPSA) is 35.6 Å². The molecular weight excluding hydrogens is 346 g/mol. The van der Waals surface area contributed by atoms with Crippen molar-refractivity contribution in [3.05, 3.63) is 59.7 Å². The van der Waals surface area contributed by atoms with Crippen molar-refractivity contribution in [3.63, 3.8) is 0 Å². The molecule has 2 heterocycles. The zero-order valence-electron chi connectivity index (χ0n) is 16.7. The van der Waals surface area contributed by atoms with E-state index in [1.54, 1.807) is 0 Å². The molecule has 0 saturated carbocycles. The maximum Gasteiger partial charge on any atom is 0.227 e. The van der Waals surface area contributed by atoms with Crippen LogP contribution < -0.4 is 15.1 Å². The van der Waals surface area contributed by atoms with Crippen LogP contribution in [0.4, 0.5) is 11.4 Å². The smallest absolute Gasteiger partial charge is 0.227 e. The Morgan fingerprint density at radius 1 is 0.679 bits per heavy atom. The molecule has 1 N–H and O–H groups in total. The molecule has 0 aromatic heterocycles. The number of hydrogen-bond acceptors (Lipinski definition) is 3. The first-order chi connectivity index (χ1) is 13.8. The Balaban J connectivity index is 1.26. The maximum absolute atomic E-state index is 11.8. The summed E-state index contributed by atoms with van der Waals surface area (Å²) in [6, 6.07) is 17.4. The molecule has 0 bridgehead atoms. The van der Waals surface area contributed by atoms with E-state index < -0.39 is 0 Å². The van der Waals surface area contributed by atoms with Crippen LogP contribution in [-0.4, -0.2) is 25.5 Å². The van der Waals surface area contributed by atoms with Gasteiger partial charge in [-0.2, -0.15) is 0 Å². The van der Waals surface area contributed by atoms with Gasteiger partial charge in [0, 0.05) is 50.5 Å². The van der Waals surface area contributed by atoms with E-state index in [-0.39, 0.29) is 5.91 Å². The lowest BCUT2D eigenvalue weighted by molar-refractivity contribution is -0.117. The van der Waals surface area contributed by atoms with E-state index in [2.05, 4.69) is 58.7 Å². The number of nitrogens with one attached hydrogen (secondary N) is 1. The fourth-order valence-electron chi connectivity index (χ4n) is 4.22. The second kappa shape index (κ2) is 9.24. The van der Waals surface area contributed by atoms with E-state index in [1.807, 2.05) is 4.90 Å². The normalized spacial score (nSPS) is 17.8. The summed E-state index contributed by atoms with van der Waals surface area (Å²) >= 11 is 0. The number of rotatable bonds is 6. The van der Waals surface area contributed by atoms with Gasteiger partial charge in [-0.25, -0.2) is 0 Å². The molecule has 2 aliphatic rings. The molecule has 0 unspecified atom stereocenters. The molecule has 2 aromatic carbocycles. The number of amides is 1. The van der Waals surface area contributed by atoms with E-state index in [0.717, 1.165) is 31.7 Å². The molecule has 4 rings (SSSR count). The molecule has 28 heavy (non-hydrogen) atoms. The predicted molar refractivity (Wildman–Crippen MR) is 116 cm³/mol. The maximum atomic E-state index is 11.8. The van der Waals surface area contributed by atoms with Crippen molar-refractivity contribution >= 4 is 17.3 Å². The van der Waals surface area contributed by atoms with E-state index in [0.29, 0.717) is 6.42 Å². The molecule has 1 amide bonds. The largest absolute Gasteiger partial charge is 0.372 e. The molecule has 0 aliphatic carbocycles. The lowest BCUT2D eigenvalue weighted by atomic mass is 10.1. The summed E-state index contributed by atoms with van der Waals surface area (Å²) in [6.45, 7) is 4.94. The van der Waals surface area contributed by atoms with Crippen LogP contribution in [0.25, 0.3) is 0 Å². The standard InChI is InChI=1S/C24H31N3O/c28-24-6-5-17-27(24)23-13-9-21(10-14-23)19-25-18-20-7-11-22(12-8-20)26-15-3-1-2-4-16-26/h7-14,25H,1-6,15-19H2. The SMILES string of the molecule is O=C1CCCN1c1ccc(CNCc2ccc(N3CCCCCC3)cc2)cc1. The van der Waals surface area contributed by atoms with E-state index in [9.17, 15) is 4.79 Å². The number of anilines is 2.